The smallest absolute Gasteiger partial charge is 0.407 e. The molecule has 0 aromatic heterocycles. The first-order valence-electron chi connectivity index (χ1n) is 8.00. The van der Waals surface area contributed by atoms with Crippen LogP contribution in [0.4, 0.5) is 18.0 Å². The van der Waals surface area contributed by atoms with Gasteiger partial charge < -0.3 is 15.4 Å². The highest BCUT2D eigenvalue weighted by molar-refractivity contribution is 5.67. The SMILES string of the molecule is CC(C)(C)OC(=O)NC/C=C/CNC1CCC(C(F)(F)F)CC1. The second-order valence-corrected chi connectivity index (χ2v) is 6.85. The summed E-state index contributed by atoms with van der Waals surface area (Å²) in [5, 5.41) is 5.82. The average molecular weight is 336 g/mol. The van der Waals surface area contributed by atoms with Crippen molar-refractivity contribution < 1.29 is 22.7 Å². The Hall–Kier alpha value is -1.24. The number of halogens is 3. The number of hydrogen-bond donors (Lipinski definition) is 2. The maximum Gasteiger partial charge on any atom is 0.407 e. The lowest BCUT2D eigenvalue weighted by Crippen LogP contribution is -2.37. The highest BCUT2D eigenvalue weighted by Gasteiger charge is 2.41. The van der Waals surface area contributed by atoms with Crippen molar-refractivity contribution in [1.29, 1.82) is 0 Å². The summed E-state index contributed by atoms with van der Waals surface area (Å²) in [4.78, 5) is 11.4. The van der Waals surface area contributed by atoms with Gasteiger partial charge in [0, 0.05) is 19.1 Å². The van der Waals surface area contributed by atoms with Crippen molar-refractivity contribution >= 4 is 6.09 Å². The number of ether oxygens (including phenoxy) is 1. The van der Waals surface area contributed by atoms with Crippen LogP contribution in [0.2, 0.25) is 0 Å². The lowest BCUT2D eigenvalue weighted by molar-refractivity contribution is -0.182. The summed E-state index contributed by atoms with van der Waals surface area (Å²) in [6, 6.07) is 0.136. The molecule has 0 saturated heterocycles. The van der Waals surface area contributed by atoms with Gasteiger partial charge in [0.15, 0.2) is 0 Å². The molecule has 0 aromatic carbocycles. The van der Waals surface area contributed by atoms with Crippen LogP contribution in [-0.2, 0) is 4.74 Å². The van der Waals surface area contributed by atoms with Crippen molar-refractivity contribution in [3.8, 4) is 0 Å². The van der Waals surface area contributed by atoms with E-state index >= 15 is 0 Å². The van der Waals surface area contributed by atoms with E-state index in [4.69, 9.17) is 4.74 Å². The number of rotatable bonds is 5. The van der Waals surface area contributed by atoms with Gasteiger partial charge in [0.25, 0.3) is 0 Å². The van der Waals surface area contributed by atoms with Crippen LogP contribution < -0.4 is 10.6 Å². The van der Waals surface area contributed by atoms with E-state index in [2.05, 4.69) is 10.6 Å². The summed E-state index contributed by atoms with van der Waals surface area (Å²) in [7, 11) is 0. The minimum Gasteiger partial charge on any atom is -0.444 e. The number of carbonyl (C=O) groups excluding carboxylic acids is 1. The molecule has 7 heteroatoms. The van der Waals surface area contributed by atoms with Crippen LogP contribution in [0.5, 0.6) is 0 Å². The second-order valence-electron chi connectivity index (χ2n) is 6.85. The van der Waals surface area contributed by atoms with Crippen LogP contribution in [0, 0.1) is 5.92 Å². The predicted molar refractivity (Wildman–Crippen MR) is 83.2 cm³/mol. The van der Waals surface area contributed by atoms with Crippen LogP contribution in [0.3, 0.4) is 0 Å². The molecule has 1 aliphatic carbocycles. The third-order valence-corrected chi connectivity index (χ3v) is 3.64. The first kappa shape index (κ1) is 19.8. The monoisotopic (exact) mass is 336 g/mol. The van der Waals surface area contributed by atoms with Gasteiger partial charge >= 0.3 is 12.3 Å². The van der Waals surface area contributed by atoms with Crippen molar-refractivity contribution in [2.24, 2.45) is 5.92 Å². The summed E-state index contributed by atoms with van der Waals surface area (Å²) in [5.74, 6) is -1.14. The zero-order chi connectivity index (χ0) is 17.5. The molecule has 0 aliphatic heterocycles. The Morgan fingerprint density at radius 3 is 2.17 bits per heavy atom. The Labute approximate surface area is 135 Å². The summed E-state index contributed by atoms with van der Waals surface area (Å²) in [6.45, 7) is 6.31. The van der Waals surface area contributed by atoms with E-state index in [1.165, 1.54) is 0 Å². The molecule has 0 aromatic rings. The van der Waals surface area contributed by atoms with Gasteiger partial charge in [-0.3, -0.25) is 0 Å². The minimum absolute atomic E-state index is 0.136. The van der Waals surface area contributed by atoms with Crippen LogP contribution >= 0.6 is 0 Å². The maximum absolute atomic E-state index is 12.6. The molecule has 0 heterocycles. The zero-order valence-electron chi connectivity index (χ0n) is 14.0. The summed E-state index contributed by atoms with van der Waals surface area (Å²) >= 11 is 0. The van der Waals surface area contributed by atoms with Gasteiger partial charge in [-0.2, -0.15) is 13.2 Å². The highest BCUT2D eigenvalue weighted by atomic mass is 19.4. The topological polar surface area (TPSA) is 50.4 Å². The van der Waals surface area contributed by atoms with E-state index in [1.54, 1.807) is 26.8 Å². The summed E-state index contributed by atoms with van der Waals surface area (Å²) < 4.78 is 42.7. The molecule has 1 amide bonds. The molecular weight excluding hydrogens is 309 g/mol. The second kappa shape index (κ2) is 8.57. The van der Waals surface area contributed by atoms with E-state index in [1.807, 2.05) is 6.08 Å². The molecule has 1 rings (SSSR count). The highest BCUT2D eigenvalue weighted by Crippen LogP contribution is 2.37. The Bertz CT molecular complexity index is 395. The number of amides is 1. The maximum atomic E-state index is 12.6. The van der Waals surface area contributed by atoms with E-state index < -0.39 is 23.8 Å². The molecule has 23 heavy (non-hydrogen) atoms. The Morgan fingerprint density at radius 1 is 1.09 bits per heavy atom. The van der Waals surface area contributed by atoms with Crippen molar-refractivity contribution in [2.75, 3.05) is 13.1 Å². The van der Waals surface area contributed by atoms with Crippen molar-refractivity contribution in [2.45, 2.75) is 64.3 Å². The molecule has 0 atom stereocenters. The van der Waals surface area contributed by atoms with Crippen molar-refractivity contribution in [1.82, 2.24) is 10.6 Å². The van der Waals surface area contributed by atoms with Crippen LogP contribution in [0.15, 0.2) is 12.2 Å². The lowest BCUT2D eigenvalue weighted by atomic mass is 9.85. The molecule has 1 saturated carbocycles. The van der Waals surface area contributed by atoms with E-state index in [9.17, 15) is 18.0 Å². The molecule has 0 unspecified atom stereocenters. The van der Waals surface area contributed by atoms with Gasteiger partial charge in [-0.25, -0.2) is 4.79 Å². The van der Waals surface area contributed by atoms with Crippen molar-refractivity contribution in [3.63, 3.8) is 0 Å². The standard InChI is InChI=1S/C16H27F3N2O2/c1-15(2,3)23-14(22)21-11-5-4-10-20-13-8-6-12(7-9-13)16(17,18)19/h4-5,12-13,20H,6-11H2,1-3H3,(H,21,22)/b5-4+. The fourth-order valence-electron chi connectivity index (χ4n) is 2.48. The van der Waals surface area contributed by atoms with Gasteiger partial charge in [-0.15, -0.1) is 0 Å². The molecule has 134 valence electrons. The molecule has 0 radical (unpaired) electrons. The summed E-state index contributed by atoms with van der Waals surface area (Å²) in [6.07, 6.45) is 0.614. The molecule has 1 fully saturated rings. The van der Waals surface area contributed by atoms with Crippen LogP contribution in [0.25, 0.3) is 0 Å². The van der Waals surface area contributed by atoms with Gasteiger partial charge in [0.05, 0.1) is 5.92 Å². The van der Waals surface area contributed by atoms with Gasteiger partial charge in [0.1, 0.15) is 5.60 Å². The van der Waals surface area contributed by atoms with Crippen LogP contribution in [-0.4, -0.2) is 37.0 Å². The summed E-state index contributed by atoms with van der Waals surface area (Å²) in [5.41, 5.74) is -0.523. The Morgan fingerprint density at radius 2 is 1.65 bits per heavy atom. The molecule has 4 nitrogen and oxygen atoms in total. The molecular formula is C16H27F3N2O2. The third-order valence-electron chi connectivity index (χ3n) is 3.64. The van der Waals surface area contributed by atoms with E-state index in [0.717, 1.165) is 0 Å². The average Bonchev–Trinajstić information content (AvgIpc) is 2.40. The van der Waals surface area contributed by atoms with E-state index in [-0.39, 0.29) is 18.9 Å². The number of alkyl carbamates (subject to hydrolysis) is 1. The van der Waals surface area contributed by atoms with Crippen molar-refractivity contribution in [3.05, 3.63) is 12.2 Å². The number of hydrogen-bond acceptors (Lipinski definition) is 3. The Balaban J connectivity index is 2.10. The predicted octanol–water partition coefficient (Wildman–Crippen LogP) is 3.78. The lowest BCUT2D eigenvalue weighted by Gasteiger charge is -2.30. The number of carbonyl (C=O) groups is 1. The Kier molecular flexibility index (Phi) is 7.38. The first-order chi connectivity index (χ1) is 10.6. The normalized spacial score (nSPS) is 23.0. The van der Waals surface area contributed by atoms with Gasteiger partial charge in [-0.05, 0) is 46.5 Å². The van der Waals surface area contributed by atoms with Gasteiger partial charge in [-0.1, -0.05) is 12.2 Å². The molecule has 0 bridgehead atoms. The number of nitrogens with one attached hydrogen (secondary N) is 2. The zero-order valence-corrected chi connectivity index (χ0v) is 14.0. The molecule has 0 spiro atoms. The molecule has 2 N–H and O–H groups in total. The fraction of sp³-hybridized carbons (Fsp3) is 0.812. The van der Waals surface area contributed by atoms with Crippen LogP contribution in [0.1, 0.15) is 46.5 Å². The largest absolute Gasteiger partial charge is 0.444 e. The quantitative estimate of drug-likeness (QED) is 0.751. The molecule has 1 aliphatic rings. The number of alkyl halides is 3. The van der Waals surface area contributed by atoms with Gasteiger partial charge in [0.2, 0.25) is 0 Å². The fourth-order valence-corrected chi connectivity index (χ4v) is 2.48. The first-order valence-corrected chi connectivity index (χ1v) is 8.00. The third kappa shape index (κ3) is 8.83. The minimum atomic E-state index is -4.06. The van der Waals surface area contributed by atoms with E-state index in [0.29, 0.717) is 25.9 Å².